The molecule has 0 saturated carbocycles. The Bertz CT molecular complexity index is 613. The maximum atomic E-state index is 11.5. The number of ether oxygens (including phenoxy) is 2. The minimum atomic E-state index is -1.01. The van der Waals surface area contributed by atoms with Gasteiger partial charge in [0.2, 0.25) is 0 Å². The van der Waals surface area contributed by atoms with E-state index in [2.05, 4.69) is 0 Å². The number of carbonyl (C=O) groups is 1. The quantitative estimate of drug-likeness (QED) is 0.776. The standard InChI is InChI=1S/C18H19ClO4/c1-2-14(22-16-10-8-13(19)9-11-16)12-17(18(20)21)23-15-6-4-3-5-7-15/h3-11,14,17H,2,12H2,1H3,(H,20,21). The van der Waals surface area contributed by atoms with Crippen molar-refractivity contribution in [3.63, 3.8) is 0 Å². The lowest BCUT2D eigenvalue weighted by Crippen LogP contribution is -2.33. The zero-order valence-electron chi connectivity index (χ0n) is 12.8. The van der Waals surface area contributed by atoms with Crippen LogP contribution in [0.1, 0.15) is 19.8 Å². The summed E-state index contributed by atoms with van der Waals surface area (Å²) in [7, 11) is 0. The molecule has 0 aromatic heterocycles. The van der Waals surface area contributed by atoms with Crippen LogP contribution in [0.25, 0.3) is 0 Å². The van der Waals surface area contributed by atoms with Crippen molar-refractivity contribution in [3.05, 3.63) is 59.6 Å². The minimum absolute atomic E-state index is 0.253. The van der Waals surface area contributed by atoms with Gasteiger partial charge in [-0.05, 0) is 42.8 Å². The summed E-state index contributed by atoms with van der Waals surface area (Å²) in [6, 6.07) is 15.9. The van der Waals surface area contributed by atoms with Gasteiger partial charge in [0.1, 0.15) is 17.6 Å². The van der Waals surface area contributed by atoms with Crippen molar-refractivity contribution in [3.8, 4) is 11.5 Å². The Balaban J connectivity index is 2.01. The van der Waals surface area contributed by atoms with Gasteiger partial charge in [0.15, 0.2) is 6.10 Å². The molecular weight excluding hydrogens is 316 g/mol. The highest BCUT2D eigenvalue weighted by atomic mass is 35.5. The number of rotatable bonds is 8. The molecule has 2 aromatic carbocycles. The molecular formula is C18H19ClO4. The SMILES string of the molecule is CCC(CC(Oc1ccccc1)C(=O)O)Oc1ccc(Cl)cc1. The highest BCUT2D eigenvalue weighted by molar-refractivity contribution is 6.30. The van der Waals surface area contributed by atoms with Gasteiger partial charge in [0, 0.05) is 11.4 Å². The first-order chi connectivity index (χ1) is 11.1. The third-order valence-electron chi connectivity index (χ3n) is 3.35. The summed E-state index contributed by atoms with van der Waals surface area (Å²) in [6.45, 7) is 1.95. The molecule has 1 N–H and O–H groups in total. The number of hydrogen-bond donors (Lipinski definition) is 1. The molecule has 0 saturated heterocycles. The van der Waals surface area contributed by atoms with Crippen LogP contribution in [0, 0.1) is 0 Å². The molecule has 0 heterocycles. The summed E-state index contributed by atoms with van der Waals surface area (Å²) in [4.78, 5) is 11.5. The van der Waals surface area contributed by atoms with E-state index in [1.165, 1.54) is 0 Å². The van der Waals surface area contributed by atoms with E-state index in [4.69, 9.17) is 21.1 Å². The fraction of sp³-hybridized carbons (Fsp3) is 0.278. The van der Waals surface area contributed by atoms with Crippen LogP contribution in [0.4, 0.5) is 0 Å². The average molecular weight is 335 g/mol. The first kappa shape index (κ1) is 17.2. The molecule has 0 aliphatic rings. The van der Waals surface area contributed by atoms with Gasteiger partial charge in [-0.25, -0.2) is 4.79 Å². The Labute approximate surface area is 140 Å². The van der Waals surface area contributed by atoms with Crippen molar-refractivity contribution in [1.29, 1.82) is 0 Å². The van der Waals surface area contributed by atoms with E-state index in [0.717, 1.165) is 0 Å². The molecule has 2 atom stereocenters. The molecule has 5 heteroatoms. The average Bonchev–Trinajstić information content (AvgIpc) is 2.56. The molecule has 2 unspecified atom stereocenters. The van der Waals surface area contributed by atoms with Crippen LogP contribution in [-0.4, -0.2) is 23.3 Å². The highest BCUT2D eigenvalue weighted by Gasteiger charge is 2.25. The van der Waals surface area contributed by atoms with Crippen molar-refractivity contribution in [2.75, 3.05) is 0 Å². The molecule has 4 nitrogen and oxygen atoms in total. The van der Waals surface area contributed by atoms with Gasteiger partial charge in [-0.1, -0.05) is 36.7 Å². The Morgan fingerprint density at radius 3 is 2.22 bits per heavy atom. The maximum Gasteiger partial charge on any atom is 0.345 e. The molecule has 23 heavy (non-hydrogen) atoms. The fourth-order valence-electron chi connectivity index (χ4n) is 2.11. The summed E-state index contributed by atoms with van der Waals surface area (Å²) in [5.74, 6) is 0.179. The highest BCUT2D eigenvalue weighted by Crippen LogP contribution is 2.21. The van der Waals surface area contributed by atoms with Gasteiger partial charge >= 0.3 is 5.97 Å². The van der Waals surface area contributed by atoms with Crippen LogP contribution in [-0.2, 0) is 4.79 Å². The molecule has 2 rings (SSSR count). The summed E-state index contributed by atoms with van der Waals surface area (Å²) >= 11 is 5.84. The van der Waals surface area contributed by atoms with Crippen molar-refractivity contribution < 1.29 is 19.4 Å². The number of benzene rings is 2. The lowest BCUT2D eigenvalue weighted by molar-refractivity contribution is -0.146. The zero-order valence-corrected chi connectivity index (χ0v) is 13.6. The molecule has 0 fully saturated rings. The van der Waals surface area contributed by atoms with Crippen molar-refractivity contribution in [2.45, 2.75) is 32.0 Å². The van der Waals surface area contributed by atoms with Gasteiger partial charge in [0.25, 0.3) is 0 Å². The number of carboxylic acid groups (broad SMARTS) is 1. The molecule has 122 valence electrons. The normalized spacial score (nSPS) is 13.1. The Kier molecular flexibility index (Phi) is 6.29. The van der Waals surface area contributed by atoms with Gasteiger partial charge in [0.05, 0.1) is 0 Å². The lowest BCUT2D eigenvalue weighted by atomic mass is 10.1. The monoisotopic (exact) mass is 334 g/mol. The molecule has 0 aliphatic heterocycles. The van der Waals surface area contributed by atoms with Crippen LogP contribution in [0.2, 0.25) is 5.02 Å². The third kappa shape index (κ3) is 5.49. The Morgan fingerprint density at radius 2 is 1.65 bits per heavy atom. The molecule has 2 aromatic rings. The van der Waals surface area contributed by atoms with Gasteiger partial charge in [-0.3, -0.25) is 0 Å². The van der Waals surface area contributed by atoms with Crippen molar-refractivity contribution in [1.82, 2.24) is 0 Å². The number of carboxylic acids is 1. The van der Waals surface area contributed by atoms with E-state index >= 15 is 0 Å². The second-order valence-electron chi connectivity index (χ2n) is 5.10. The van der Waals surface area contributed by atoms with Crippen LogP contribution in [0.3, 0.4) is 0 Å². The molecule has 0 radical (unpaired) electrons. The van der Waals surface area contributed by atoms with Gasteiger partial charge < -0.3 is 14.6 Å². The predicted molar refractivity (Wildman–Crippen MR) is 89.3 cm³/mol. The van der Waals surface area contributed by atoms with E-state index in [9.17, 15) is 9.90 Å². The zero-order chi connectivity index (χ0) is 16.7. The Hall–Kier alpha value is -2.20. The smallest absolute Gasteiger partial charge is 0.345 e. The topological polar surface area (TPSA) is 55.8 Å². The van der Waals surface area contributed by atoms with Crippen LogP contribution < -0.4 is 9.47 Å². The third-order valence-corrected chi connectivity index (χ3v) is 3.60. The summed E-state index contributed by atoms with van der Waals surface area (Å²) in [5, 5.41) is 10.0. The maximum absolute atomic E-state index is 11.5. The second-order valence-corrected chi connectivity index (χ2v) is 5.53. The number of halogens is 1. The fourth-order valence-corrected chi connectivity index (χ4v) is 2.23. The molecule has 0 bridgehead atoms. The number of para-hydroxylation sites is 1. The molecule has 0 aliphatic carbocycles. The summed E-state index contributed by atoms with van der Waals surface area (Å²) in [6.07, 6.45) is -0.302. The van der Waals surface area contributed by atoms with E-state index in [-0.39, 0.29) is 12.5 Å². The van der Waals surface area contributed by atoms with Crippen LogP contribution in [0.5, 0.6) is 11.5 Å². The second kappa shape index (κ2) is 8.44. The van der Waals surface area contributed by atoms with E-state index in [1.54, 1.807) is 48.5 Å². The largest absolute Gasteiger partial charge is 0.490 e. The lowest BCUT2D eigenvalue weighted by Gasteiger charge is -2.22. The number of hydrogen-bond acceptors (Lipinski definition) is 3. The van der Waals surface area contributed by atoms with Crippen molar-refractivity contribution in [2.24, 2.45) is 0 Å². The molecule has 0 amide bonds. The van der Waals surface area contributed by atoms with Gasteiger partial charge in [-0.15, -0.1) is 0 Å². The van der Waals surface area contributed by atoms with Crippen LogP contribution in [0.15, 0.2) is 54.6 Å². The predicted octanol–water partition coefficient (Wildman–Crippen LogP) is 4.42. The summed E-state index contributed by atoms with van der Waals surface area (Å²) in [5.41, 5.74) is 0. The Morgan fingerprint density at radius 1 is 1.04 bits per heavy atom. The first-order valence-electron chi connectivity index (χ1n) is 7.45. The summed E-state index contributed by atoms with van der Waals surface area (Å²) < 4.78 is 11.4. The van der Waals surface area contributed by atoms with E-state index < -0.39 is 12.1 Å². The van der Waals surface area contributed by atoms with E-state index in [1.807, 2.05) is 13.0 Å². The number of aliphatic carboxylic acids is 1. The van der Waals surface area contributed by atoms with Crippen LogP contribution >= 0.6 is 11.6 Å². The minimum Gasteiger partial charge on any atom is -0.490 e. The molecule has 0 spiro atoms. The van der Waals surface area contributed by atoms with E-state index in [0.29, 0.717) is 22.9 Å². The first-order valence-corrected chi connectivity index (χ1v) is 7.83. The van der Waals surface area contributed by atoms with Gasteiger partial charge in [-0.2, -0.15) is 0 Å². The van der Waals surface area contributed by atoms with Crippen molar-refractivity contribution >= 4 is 17.6 Å².